The largest absolute Gasteiger partial charge is 0.487 e. The van der Waals surface area contributed by atoms with Gasteiger partial charge in [0, 0.05) is 12.0 Å². The molecule has 4 heteroatoms. The summed E-state index contributed by atoms with van der Waals surface area (Å²) < 4.78 is 31.9. The average Bonchev–Trinajstić information content (AvgIpc) is 2.41. The number of aliphatic hydroxyl groups excluding tert-OH is 1. The van der Waals surface area contributed by atoms with Crippen molar-refractivity contribution in [2.45, 2.75) is 32.5 Å². The first-order valence-corrected chi connectivity index (χ1v) is 4.74. The number of rotatable bonds is 1. The Kier molecular flexibility index (Phi) is 2.19. The van der Waals surface area contributed by atoms with Gasteiger partial charge in [0.25, 0.3) is 0 Å². The molecule has 0 unspecified atom stereocenters. The summed E-state index contributed by atoms with van der Waals surface area (Å²) in [4.78, 5) is 0. The quantitative estimate of drug-likeness (QED) is 0.776. The maximum atomic E-state index is 13.3. The zero-order chi connectivity index (χ0) is 11.2. The second kappa shape index (κ2) is 3.17. The van der Waals surface area contributed by atoms with Crippen molar-refractivity contribution in [3.05, 3.63) is 28.8 Å². The Morgan fingerprint density at radius 3 is 2.73 bits per heavy atom. The Morgan fingerprint density at radius 1 is 1.47 bits per heavy atom. The Morgan fingerprint density at radius 2 is 2.13 bits per heavy atom. The van der Waals surface area contributed by atoms with Crippen LogP contribution in [-0.2, 0) is 13.0 Å². The summed E-state index contributed by atoms with van der Waals surface area (Å²) in [5.41, 5.74) is 0.0606. The van der Waals surface area contributed by atoms with Gasteiger partial charge in [-0.15, -0.1) is 0 Å². The molecule has 0 amide bonds. The van der Waals surface area contributed by atoms with E-state index in [2.05, 4.69) is 0 Å². The van der Waals surface area contributed by atoms with Crippen LogP contribution in [0.15, 0.2) is 6.07 Å². The van der Waals surface area contributed by atoms with Crippen molar-refractivity contribution in [2.75, 3.05) is 0 Å². The van der Waals surface area contributed by atoms with Crippen molar-refractivity contribution in [2.24, 2.45) is 0 Å². The van der Waals surface area contributed by atoms with E-state index in [-0.39, 0.29) is 5.56 Å². The molecule has 0 aromatic heterocycles. The van der Waals surface area contributed by atoms with Gasteiger partial charge in [-0.05, 0) is 19.9 Å². The first kappa shape index (κ1) is 10.4. The summed E-state index contributed by atoms with van der Waals surface area (Å²) in [6.45, 7) is 3.12. The lowest BCUT2D eigenvalue weighted by Gasteiger charge is -2.17. The Labute approximate surface area is 86.5 Å². The van der Waals surface area contributed by atoms with Crippen molar-refractivity contribution in [1.29, 1.82) is 0 Å². The van der Waals surface area contributed by atoms with Crippen LogP contribution in [0, 0.1) is 11.6 Å². The lowest BCUT2D eigenvalue weighted by Crippen LogP contribution is -2.24. The van der Waals surface area contributed by atoms with Gasteiger partial charge in [0.1, 0.15) is 11.4 Å². The second-order valence-electron chi connectivity index (χ2n) is 4.34. The van der Waals surface area contributed by atoms with Crippen molar-refractivity contribution in [1.82, 2.24) is 0 Å². The smallest absolute Gasteiger partial charge is 0.168 e. The van der Waals surface area contributed by atoms with Crippen LogP contribution >= 0.6 is 0 Å². The topological polar surface area (TPSA) is 29.5 Å². The van der Waals surface area contributed by atoms with Crippen LogP contribution in [0.2, 0.25) is 0 Å². The van der Waals surface area contributed by atoms with Gasteiger partial charge in [0.15, 0.2) is 11.6 Å². The first-order chi connectivity index (χ1) is 6.94. The highest BCUT2D eigenvalue weighted by atomic mass is 19.2. The number of hydrogen-bond donors (Lipinski definition) is 1. The van der Waals surface area contributed by atoms with E-state index in [0.717, 1.165) is 6.07 Å². The van der Waals surface area contributed by atoms with Gasteiger partial charge in [0.05, 0.1) is 12.2 Å². The van der Waals surface area contributed by atoms with Crippen LogP contribution in [-0.4, -0.2) is 10.7 Å². The highest BCUT2D eigenvalue weighted by Gasteiger charge is 2.34. The van der Waals surface area contributed by atoms with E-state index in [4.69, 9.17) is 9.84 Å². The molecule has 0 bridgehead atoms. The number of halogens is 2. The molecule has 1 aliphatic rings. The third kappa shape index (κ3) is 1.59. The van der Waals surface area contributed by atoms with E-state index < -0.39 is 23.8 Å². The molecule has 1 aromatic carbocycles. The third-order valence-corrected chi connectivity index (χ3v) is 2.49. The average molecular weight is 214 g/mol. The molecule has 0 aliphatic carbocycles. The van der Waals surface area contributed by atoms with Gasteiger partial charge >= 0.3 is 0 Å². The van der Waals surface area contributed by atoms with Gasteiger partial charge in [0.2, 0.25) is 0 Å². The van der Waals surface area contributed by atoms with Gasteiger partial charge in [-0.25, -0.2) is 8.78 Å². The van der Waals surface area contributed by atoms with E-state index >= 15 is 0 Å². The summed E-state index contributed by atoms with van der Waals surface area (Å²) in [6, 6.07) is 1.14. The molecule has 0 fully saturated rings. The van der Waals surface area contributed by atoms with Crippen molar-refractivity contribution >= 4 is 0 Å². The van der Waals surface area contributed by atoms with E-state index in [0.29, 0.717) is 17.7 Å². The highest BCUT2D eigenvalue weighted by Crippen LogP contribution is 2.39. The number of aliphatic hydroxyl groups is 1. The maximum absolute atomic E-state index is 13.3. The normalized spacial score (nSPS) is 17.4. The Bertz CT molecular complexity index is 414. The molecule has 1 N–H and O–H groups in total. The molecule has 0 atom stereocenters. The minimum atomic E-state index is -1.02. The molecular formula is C11H12F2O2. The van der Waals surface area contributed by atoms with E-state index in [9.17, 15) is 8.78 Å². The van der Waals surface area contributed by atoms with Crippen LogP contribution in [0.25, 0.3) is 0 Å². The van der Waals surface area contributed by atoms with E-state index in [1.54, 1.807) is 0 Å². The van der Waals surface area contributed by atoms with E-state index in [1.807, 2.05) is 13.8 Å². The third-order valence-electron chi connectivity index (χ3n) is 2.49. The predicted octanol–water partition coefficient (Wildman–Crippen LogP) is 2.17. The number of ether oxygens (including phenoxy) is 1. The molecule has 0 radical (unpaired) electrons. The lowest BCUT2D eigenvalue weighted by atomic mass is 10.00. The number of fused-ring (bicyclic) bond motifs is 1. The molecule has 2 rings (SSSR count). The monoisotopic (exact) mass is 214 g/mol. The van der Waals surface area contributed by atoms with E-state index in [1.165, 1.54) is 0 Å². The molecule has 0 saturated carbocycles. The molecule has 1 aliphatic heterocycles. The lowest BCUT2D eigenvalue weighted by molar-refractivity contribution is 0.133. The zero-order valence-corrected chi connectivity index (χ0v) is 8.60. The Hall–Kier alpha value is -1.16. The van der Waals surface area contributed by atoms with Gasteiger partial charge < -0.3 is 9.84 Å². The molecular weight excluding hydrogens is 202 g/mol. The molecule has 1 aromatic rings. The molecule has 1 heterocycles. The van der Waals surface area contributed by atoms with Crippen molar-refractivity contribution in [3.8, 4) is 5.75 Å². The van der Waals surface area contributed by atoms with Crippen LogP contribution in [0.3, 0.4) is 0 Å². The molecule has 15 heavy (non-hydrogen) atoms. The fourth-order valence-corrected chi connectivity index (χ4v) is 1.89. The number of benzene rings is 1. The fourth-order valence-electron chi connectivity index (χ4n) is 1.89. The van der Waals surface area contributed by atoms with Crippen LogP contribution < -0.4 is 4.74 Å². The van der Waals surface area contributed by atoms with Gasteiger partial charge in [-0.2, -0.15) is 0 Å². The summed E-state index contributed by atoms with van der Waals surface area (Å²) >= 11 is 0. The van der Waals surface area contributed by atoms with Crippen LogP contribution in [0.5, 0.6) is 5.75 Å². The van der Waals surface area contributed by atoms with Gasteiger partial charge in [-0.3, -0.25) is 0 Å². The second-order valence-corrected chi connectivity index (χ2v) is 4.34. The summed E-state index contributed by atoms with van der Waals surface area (Å²) in [7, 11) is 0. The minimum absolute atomic E-state index is 0.0874. The summed E-state index contributed by atoms with van der Waals surface area (Å²) in [6.07, 6.45) is 0.520. The SMILES string of the molecule is CC1(C)Cc2cc(F)c(F)c(CO)c2O1. The predicted molar refractivity (Wildman–Crippen MR) is 50.7 cm³/mol. The van der Waals surface area contributed by atoms with Crippen molar-refractivity contribution < 1.29 is 18.6 Å². The van der Waals surface area contributed by atoms with Crippen LogP contribution in [0.4, 0.5) is 8.78 Å². The zero-order valence-electron chi connectivity index (χ0n) is 8.60. The molecule has 2 nitrogen and oxygen atoms in total. The maximum Gasteiger partial charge on any atom is 0.168 e. The summed E-state index contributed by atoms with van der Waals surface area (Å²) in [5.74, 6) is -1.66. The molecule has 0 spiro atoms. The Balaban J connectivity index is 2.59. The minimum Gasteiger partial charge on any atom is -0.487 e. The molecule has 0 saturated heterocycles. The highest BCUT2D eigenvalue weighted by molar-refractivity contribution is 5.46. The van der Waals surface area contributed by atoms with Gasteiger partial charge in [-0.1, -0.05) is 0 Å². The van der Waals surface area contributed by atoms with Crippen LogP contribution in [0.1, 0.15) is 25.0 Å². The fraction of sp³-hybridized carbons (Fsp3) is 0.455. The van der Waals surface area contributed by atoms with Crippen molar-refractivity contribution in [3.63, 3.8) is 0 Å². The molecule has 82 valence electrons. The standard InChI is InChI=1S/C11H12F2O2/c1-11(2)4-6-3-8(12)9(13)7(5-14)10(6)15-11/h3,14H,4-5H2,1-2H3. The summed E-state index contributed by atoms with van der Waals surface area (Å²) in [5, 5.41) is 8.99. The first-order valence-electron chi connectivity index (χ1n) is 4.74. The number of hydrogen-bond acceptors (Lipinski definition) is 2.